The van der Waals surface area contributed by atoms with Gasteiger partial charge in [-0.15, -0.1) is 0 Å². The van der Waals surface area contributed by atoms with Gasteiger partial charge >= 0.3 is 0 Å². The van der Waals surface area contributed by atoms with Crippen molar-refractivity contribution < 1.29 is 9.47 Å². The number of rotatable bonds is 2. The summed E-state index contributed by atoms with van der Waals surface area (Å²) in [6, 6.07) is 8.16. The summed E-state index contributed by atoms with van der Waals surface area (Å²) in [7, 11) is 1.70. The lowest BCUT2D eigenvalue weighted by atomic mass is 9.87. The standard InChI is InChI=1S/C12H17NO2/c1-14-12-5-3-2-4-10(12)9-6-7-15-8-11(9)13/h2-5,9,11H,6-8,13H2,1H3. The normalized spacial score (nSPS) is 26.3. The first-order valence-electron chi connectivity index (χ1n) is 5.29. The van der Waals surface area contributed by atoms with Crippen LogP contribution in [-0.4, -0.2) is 26.4 Å². The number of hydrogen-bond donors (Lipinski definition) is 1. The highest BCUT2D eigenvalue weighted by molar-refractivity contribution is 5.37. The minimum Gasteiger partial charge on any atom is -0.496 e. The third kappa shape index (κ3) is 2.13. The Morgan fingerprint density at radius 2 is 2.20 bits per heavy atom. The number of methoxy groups -OCH3 is 1. The average Bonchev–Trinajstić information content (AvgIpc) is 2.30. The van der Waals surface area contributed by atoms with E-state index in [4.69, 9.17) is 15.2 Å². The van der Waals surface area contributed by atoms with Gasteiger partial charge in [-0.2, -0.15) is 0 Å². The highest BCUT2D eigenvalue weighted by Crippen LogP contribution is 2.32. The van der Waals surface area contributed by atoms with Gasteiger partial charge in [0.15, 0.2) is 0 Å². The Balaban J connectivity index is 2.26. The van der Waals surface area contributed by atoms with Crippen LogP contribution in [0.2, 0.25) is 0 Å². The van der Waals surface area contributed by atoms with Crippen LogP contribution in [0.5, 0.6) is 5.75 Å². The zero-order chi connectivity index (χ0) is 10.7. The van der Waals surface area contributed by atoms with Crippen molar-refractivity contribution in [1.82, 2.24) is 0 Å². The maximum absolute atomic E-state index is 6.05. The molecule has 3 nitrogen and oxygen atoms in total. The van der Waals surface area contributed by atoms with E-state index in [1.54, 1.807) is 7.11 Å². The van der Waals surface area contributed by atoms with E-state index in [1.807, 2.05) is 18.2 Å². The smallest absolute Gasteiger partial charge is 0.122 e. The van der Waals surface area contributed by atoms with Gasteiger partial charge in [-0.1, -0.05) is 18.2 Å². The molecule has 1 heterocycles. The Morgan fingerprint density at radius 3 is 2.93 bits per heavy atom. The van der Waals surface area contributed by atoms with Gasteiger partial charge < -0.3 is 15.2 Å². The zero-order valence-corrected chi connectivity index (χ0v) is 8.98. The van der Waals surface area contributed by atoms with E-state index in [0.29, 0.717) is 12.5 Å². The summed E-state index contributed by atoms with van der Waals surface area (Å²) in [4.78, 5) is 0. The number of hydrogen-bond acceptors (Lipinski definition) is 3. The molecular formula is C12H17NO2. The average molecular weight is 207 g/mol. The van der Waals surface area contributed by atoms with Crippen LogP contribution >= 0.6 is 0 Å². The summed E-state index contributed by atoms with van der Waals surface area (Å²) in [6.45, 7) is 1.43. The molecule has 0 aliphatic carbocycles. The predicted octanol–water partition coefficient (Wildman–Crippen LogP) is 1.53. The van der Waals surface area contributed by atoms with Crippen molar-refractivity contribution in [3.8, 4) is 5.75 Å². The molecule has 1 fully saturated rings. The lowest BCUT2D eigenvalue weighted by Gasteiger charge is -2.29. The van der Waals surface area contributed by atoms with Gasteiger partial charge in [0.1, 0.15) is 5.75 Å². The van der Waals surface area contributed by atoms with Gasteiger partial charge in [-0.05, 0) is 18.1 Å². The fourth-order valence-electron chi connectivity index (χ4n) is 2.12. The minimum absolute atomic E-state index is 0.0787. The minimum atomic E-state index is 0.0787. The van der Waals surface area contributed by atoms with E-state index in [0.717, 1.165) is 18.8 Å². The van der Waals surface area contributed by atoms with Gasteiger partial charge in [0.05, 0.1) is 13.7 Å². The highest BCUT2D eigenvalue weighted by atomic mass is 16.5. The monoisotopic (exact) mass is 207 g/mol. The molecule has 1 aliphatic heterocycles. The van der Waals surface area contributed by atoms with Crippen molar-refractivity contribution in [2.45, 2.75) is 18.4 Å². The number of nitrogens with two attached hydrogens (primary N) is 1. The predicted molar refractivity (Wildman–Crippen MR) is 59.1 cm³/mol. The molecule has 82 valence electrons. The molecule has 15 heavy (non-hydrogen) atoms. The van der Waals surface area contributed by atoms with Crippen LogP contribution in [0, 0.1) is 0 Å². The molecular weight excluding hydrogens is 190 g/mol. The van der Waals surface area contributed by atoms with Crippen molar-refractivity contribution >= 4 is 0 Å². The van der Waals surface area contributed by atoms with Gasteiger partial charge in [-0.3, -0.25) is 0 Å². The Bertz CT molecular complexity index is 327. The van der Waals surface area contributed by atoms with Gasteiger partial charge in [0, 0.05) is 18.6 Å². The molecule has 2 rings (SSSR count). The first-order chi connectivity index (χ1) is 7.33. The molecule has 0 amide bonds. The second-order valence-electron chi connectivity index (χ2n) is 3.88. The summed E-state index contributed by atoms with van der Waals surface area (Å²) in [5, 5.41) is 0. The van der Waals surface area contributed by atoms with E-state index >= 15 is 0 Å². The van der Waals surface area contributed by atoms with Crippen LogP contribution in [0.3, 0.4) is 0 Å². The summed E-state index contributed by atoms with van der Waals surface area (Å²) in [6.07, 6.45) is 0.974. The molecule has 2 N–H and O–H groups in total. The molecule has 1 aliphatic rings. The van der Waals surface area contributed by atoms with Crippen LogP contribution in [-0.2, 0) is 4.74 Å². The molecule has 1 aromatic carbocycles. The largest absolute Gasteiger partial charge is 0.496 e. The summed E-state index contributed by atoms with van der Waals surface area (Å²) in [5.74, 6) is 1.29. The fraction of sp³-hybridized carbons (Fsp3) is 0.500. The Kier molecular flexibility index (Phi) is 3.23. The van der Waals surface area contributed by atoms with E-state index < -0.39 is 0 Å². The molecule has 1 aromatic rings. The van der Waals surface area contributed by atoms with Crippen molar-refractivity contribution in [2.24, 2.45) is 5.73 Å². The Morgan fingerprint density at radius 1 is 1.40 bits per heavy atom. The van der Waals surface area contributed by atoms with Crippen LogP contribution in [0.15, 0.2) is 24.3 Å². The fourth-order valence-corrected chi connectivity index (χ4v) is 2.12. The Hall–Kier alpha value is -1.06. The summed E-state index contributed by atoms with van der Waals surface area (Å²) in [5.41, 5.74) is 7.26. The van der Waals surface area contributed by atoms with Crippen LogP contribution in [0.25, 0.3) is 0 Å². The van der Waals surface area contributed by atoms with E-state index in [-0.39, 0.29) is 6.04 Å². The zero-order valence-electron chi connectivity index (χ0n) is 8.98. The van der Waals surface area contributed by atoms with Crippen molar-refractivity contribution in [3.63, 3.8) is 0 Å². The maximum atomic E-state index is 6.05. The van der Waals surface area contributed by atoms with Gasteiger partial charge in [0.2, 0.25) is 0 Å². The topological polar surface area (TPSA) is 44.5 Å². The van der Waals surface area contributed by atoms with Crippen molar-refractivity contribution in [3.05, 3.63) is 29.8 Å². The molecule has 0 radical (unpaired) electrons. The number of ether oxygens (including phenoxy) is 2. The van der Waals surface area contributed by atoms with Crippen molar-refractivity contribution in [1.29, 1.82) is 0 Å². The first kappa shape index (κ1) is 10.5. The quantitative estimate of drug-likeness (QED) is 0.799. The van der Waals surface area contributed by atoms with Gasteiger partial charge in [-0.25, -0.2) is 0 Å². The second kappa shape index (κ2) is 4.64. The molecule has 1 saturated heterocycles. The SMILES string of the molecule is COc1ccccc1C1CCOCC1N. The summed E-state index contributed by atoms with van der Waals surface area (Å²) >= 11 is 0. The van der Waals surface area contributed by atoms with Gasteiger partial charge in [0.25, 0.3) is 0 Å². The summed E-state index contributed by atoms with van der Waals surface area (Å²) < 4.78 is 10.7. The highest BCUT2D eigenvalue weighted by Gasteiger charge is 2.26. The molecule has 2 atom stereocenters. The van der Waals surface area contributed by atoms with Crippen LogP contribution in [0.4, 0.5) is 0 Å². The van der Waals surface area contributed by atoms with Crippen LogP contribution < -0.4 is 10.5 Å². The van der Waals surface area contributed by atoms with E-state index in [1.165, 1.54) is 5.56 Å². The maximum Gasteiger partial charge on any atom is 0.122 e. The van der Waals surface area contributed by atoms with E-state index in [2.05, 4.69) is 6.07 Å². The second-order valence-corrected chi connectivity index (χ2v) is 3.88. The van der Waals surface area contributed by atoms with Crippen molar-refractivity contribution in [2.75, 3.05) is 20.3 Å². The molecule has 0 spiro atoms. The molecule has 0 bridgehead atoms. The Labute approximate surface area is 90.2 Å². The third-order valence-corrected chi connectivity index (χ3v) is 2.94. The van der Waals surface area contributed by atoms with Crippen LogP contribution in [0.1, 0.15) is 17.9 Å². The molecule has 0 saturated carbocycles. The lowest BCUT2D eigenvalue weighted by Crippen LogP contribution is -2.38. The third-order valence-electron chi connectivity index (χ3n) is 2.94. The molecule has 2 unspecified atom stereocenters. The number of para-hydroxylation sites is 1. The molecule has 0 aromatic heterocycles. The molecule has 3 heteroatoms. The lowest BCUT2D eigenvalue weighted by molar-refractivity contribution is 0.0691. The number of benzene rings is 1. The van der Waals surface area contributed by atoms with E-state index in [9.17, 15) is 0 Å². The first-order valence-corrected chi connectivity index (χ1v) is 5.29.